The third kappa shape index (κ3) is 3.96. The molecule has 1 saturated carbocycles. The molecule has 5 heteroatoms. The summed E-state index contributed by atoms with van der Waals surface area (Å²) in [7, 11) is 0. The molecule has 2 aromatic rings. The van der Waals surface area contributed by atoms with Crippen LogP contribution < -0.4 is 10.1 Å². The topological polar surface area (TPSA) is 21.3 Å². The van der Waals surface area contributed by atoms with E-state index >= 15 is 0 Å². The molecule has 1 aliphatic carbocycles. The van der Waals surface area contributed by atoms with Gasteiger partial charge in [0.1, 0.15) is 5.75 Å². The zero-order valence-corrected chi connectivity index (χ0v) is 13.5. The standard InChI is InChI=1S/C16H14BrClFNO/c17-11-2-5-14(19)16(8-11)21-15-6-1-10(7-13(15)18)9-20-12-3-4-12/h1-2,5-8,12,20H,3-4,9H2. The van der Waals surface area contributed by atoms with Gasteiger partial charge in [-0.1, -0.05) is 33.6 Å². The van der Waals surface area contributed by atoms with Crippen LogP contribution in [-0.4, -0.2) is 6.04 Å². The fourth-order valence-electron chi connectivity index (χ4n) is 1.96. The Morgan fingerprint density at radius 3 is 2.71 bits per heavy atom. The van der Waals surface area contributed by atoms with Gasteiger partial charge in [-0.15, -0.1) is 0 Å². The fraction of sp³-hybridized carbons (Fsp3) is 0.250. The van der Waals surface area contributed by atoms with E-state index in [0.717, 1.165) is 16.6 Å². The molecule has 0 aliphatic heterocycles. The van der Waals surface area contributed by atoms with Gasteiger partial charge in [-0.25, -0.2) is 4.39 Å². The van der Waals surface area contributed by atoms with Crippen LogP contribution in [0.3, 0.4) is 0 Å². The first-order valence-electron chi connectivity index (χ1n) is 6.76. The minimum Gasteiger partial charge on any atom is -0.453 e. The Labute approximate surface area is 136 Å². The van der Waals surface area contributed by atoms with Crippen LogP contribution in [0.15, 0.2) is 40.9 Å². The Kier molecular flexibility index (Phi) is 4.48. The maximum atomic E-state index is 13.7. The average molecular weight is 371 g/mol. The number of hydrogen-bond donors (Lipinski definition) is 1. The van der Waals surface area contributed by atoms with E-state index in [1.807, 2.05) is 12.1 Å². The van der Waals surface area contributed by atoms with Gasteiger partial charge >= 0.3 is 0 Å². The summed E-state index contributed by atoms with van der Waals surface area (Å²) in [5.74, 6) is 0.174. The van der Waals surface area contributed by atoms with Crippen molar-refractivity contribution < 1.29 is 9.13 Å². The summed E-state index contributed by atoms with van der Waals surface area (Å²) in [6.45, 7) is 0.788. The minimum absolute atomic E-state index is 0.148. The highest BCUT2D eigenvalue weighted by molar-refractivity contribution is 9.10. The summed E-state index contributed by atoms with van der Waals surface area (Å²) in [5.41, 5.74) is 1.09. The highest BCUT2D eigenvalue weighted by Crippen LogP contribution is 2.33. The van der Waals surface area contributed by atoms with Crippen LogP contribution in [0.5, 0.6) is 11.5 Å². The van der Waals surface area contributed by atoms with Crippen LogP contribution in [0.2, 0.25) is 5.02 Å². The van der Waals surface area contributed by atoms with Crippen molar-refractivity contribution >= 4 is 27.5 Å². The second-order valence-electron chi connectivity index (χ2n) is 5.10. The van der Waals surface area contributed by atoms with Crippen molar-refractivity contribution in [2.45, 2.75) is 25.4 Å². The van der Waals surface area contributed by atoms with E-state index in [-0.39, 0.29) is 5.75 Å². The van der Waals surface area contributed by atoms with Gasteiger partial charge in [0, 0.05) is 17.1 Å². The van der Waals surface area contributed by atoms with E-state index in [9.17, 15) is 4.39 Å². The second-order valence-corrected chi connectivity index (χ2v) is 6.42. The van der Waals surface area contributed by atoms with Gasteiger partial charge in [0.15, 0.2) is 11.6 Å². The molecule has 110 valence electrons. The summed E-state index contributed by atoms with van der Waals surface area (Å²) in [6, 6.07) is 10.8. The van der Waals surface area contributed by atoms with E-state index in [2.05, 4.69) is 21.2 Å². The maximum absolute atomic E-state index is 13.7. The number of halogens is 3. The van der Waals surface area contributed by atoms with Crippen LogP contribution in [0.1, 0.15) is 18.4 Å². The molecule has 21 heavy (non-hydrogen) atoms. The van der Waals surface area contributed by atoms with E-state index < -0.39 is 5.82 Å². The summed E-state index contributed by atoms with van der Waals surface area (Å²) in [5, 5.41) is 3.90. The Hall–Kier alpha value is -1.10. The molecule has 2 nitrogen and oxygen atoms in total. The molecule has 0 bridgehead atoms. The zero-order valence-electron chi connectivity index (χ0n) is 11.2. The van der Waals surface area contributed by atoms with Gasteiger partial charge in [-0.2, -0.15) is 0 Å². The molecule has 0 radical (unpaired) electrons. The SMILES string of the molecule is Fc1ccc(Br)cc1Oc1ccc(CNC2CC2)cc1Cl. The first-order valence-corrected chi connectivity index (χ1v) is 7.93. The van der Waals surface area contributed by atoms with Gasteiger partial charge < -0.3 is 10.1 Å². The van der Waals surface area contributed by atoms with Crippen LogP contribution in [0.25, 0.3) is 0 Å². The average Bonchev–Trinajstić information content (AvgIpc) is 3.27. The van der Waals surface area contributed by atoms with Crippen molar-refractivity contribution in [1.29, 1.82) is 0 Å². The second kappa shape index (κ2) is 6.34. The predicted molar refractivity (Wildman–Crippen MR) is 85.5 cm³/mol. The molecule has 0 spiro atoms. The van der Waals surface area contributed by atoms with E-state index in [4.69, 9.17) is 16.3 Å². The number of nitrogens with one attached hydrogen (secondary N) is 1. The molecule has 1 fully saturated rings. The van der Waals surface area contributed by atoms with E-state index in [1.165, 1.54) is 18.9 Å². The van der Waals surface area contributed by atoms with Gasteiger partial charge in [0.2, 0.25) is 0 Å². The largest absolute Gasteiger partial charge is 0.453 e. The van der Waals surface area contributed by atoms with Gasteiger partial charge in [-0.3, -0.25) is 0 Å². The predicted octanol–water partition coefficient (Wildman–Crippen LogP) is 5.29. The lowest BCUT2D eigenvalue weighted by Gasteiger charge is -2.10. The van der Waals surface area contributed by atoms with Crippen molar-refractivity contribution in [3.8, 4) is 11.5 Å². The quantitative estimate of drug-likeness (QED) is 0.772. The summed E-state index contributed by atoms with van der Waals surface area (Å²) < 4.78 is 20.0. The lowest BCUT2D eigenvalue weighted by atomic mass is 10.2. The molecular weight excluding hydrogens is 357 g/mol. The third-order valence-electron chi connectivity index (χ3n) is 3.28. The molecule has 0 unspecified atom stereocenters. The van der Waals surface area contributed by atoms with Crippen LogP contribution >= 0.6 is 27.5 Å². The molecule has 1 N–H and O–H groups in total. The number of hydrogen-bond acceptors (Lipinski definition) is 2. The molecule has 0 saturated heterocycles. The lowest BCUT2D eigenvalue weighted by molar-refractivity contribution is 0.442. The van der Waals surface area contributed by atoms with Crippen LogP contribution in [0.4, 0.5) is 4.39 Å². The van der Waals surface area contributed by atoms with Crippen LogP contribution in [-0.2, 0) is 6.54 Å². The van der Waals surface area contributed by atoms with Gasteiger partial charge in [-0.05, 0) is 48.7 Å². The van der Waals surface area contributed by atoms with Crippen molar-refractivity contribution in [2.24, 2.45) is 0 Å². The monoisotopic (exact) mass is 369 g/mol. The Bertz CT molecular complexity index is 661. The molecule has 1 aliphatic rings. The molecule has 0 aromatic heterocycles. The number of rotatable bonds is 5. The summed E-state index contributed by atoms with van der Waals surface area (Å²) in [6.07, 6.45) is 2.49. The highest BCUT2D eigenvalue weighted by Gasteiger charge is 2.20. The third-order valence-corrected chi connectivity index (χ3v) is 4.07. The zero-order chi connectivity index (χ0) is 14.8. The molecule has 0 amide bonds. The Morgan fingerprint density at radius 1 is 1.19 bits per heavy atom. The van der Waals surface area contributed by atoms with E-state index in [1.54, 1.807) is 18.2 Å². The molecule has 2 aromatic carbocycles. The van der Waals surface area contributed by atoms with Crippen molar-refractivity contribution in [3.63, 3.8) is 0 Å². The van der Waals surface area contributed by atoms with Crippen LogP contribution in [0, 0.1) is 5.82 Å². The number of ether oxygens (including phenoxy) is 1. The van der Waals surface area contributed by atoms with E-state index in [0.29, 0.717) is 16.8 Å². The first-order chi connectivity index (χ1) is 10.1. The molecule has 0 heterocycles. The van der Waals surface area contributed by atoms with Gasteiger partial charge in [0.05, 0.1) is 5.02 Å². The van der Waals surface area contributed by atoms with Crippen molar-refractivity contribution in [2.75, 3.05) is 0 Å². The summed E-state index contributed by atoms with van der Waals surface area (Å²) in [4.78, 5) is 0. The first kappa shape index (κ1) is 14.8. The van der Waals surface area contributed by atoms with Crippen molar-refractivity contribution in [3.05, 3.63) is 57.3 Å². The smallest absolute Gasteiger partial charge is 0.165 e. The number of benzene rings is 2. The normalized spacial score (nSPS) is 14.2. The van der Waals surface area contributed by atoms with Gasteiger partial charge in [0.25, 0.3) is 0 Å². The minimum atomic E-state index is -0.422. The summed E-state index contributed by atoms with van der Waals surface area (Å²) >= 11 is 9.51. The maximum Gasteiger partial charge on any atom is 0.165 e. The molecule has 0 atom stereocenters. The highest BCUT2D eigenvalue weighted by atomic mass is 79.9. The molecule has 3 rings (SSSR count). The Balaban J connectivity index is 1.74. The Morgan fingerprint density at radius 2 is 2.00 bits per heavy atom. The fourth-order valence-corrected chi connectivity index (χ4v) is 2.54. The lowest BCUT2D eigenvalue weighted by Crippen LogP contribution is -2.15. The van der Waals surface area contributed by atoms with Crippen molar-refractivity contribution in [1.82, 2.24) is 5.32 Å². The molecular formula is C16H14BrClFNO.